The van der Waals surface area contributed by atoms with E-state index in [1.54, 1.807) is 12.0 Å². The maximum atomic E-state index is 13.1. The van der Waals surface area contributed by atoms with Crippen molar-refractivity contribution in [2.24, 2.45) is 0 Å². The molecular weight excluding hydrogens is 518 g/mol. The molecule has 2 amide bonds. The molecule has 8 heteroatoms. The number of ether oxygens (including phenoxy) is 2. The fourth-order valence-electron chi connectivity index (χ4n) is 4.95. The number of aliphatic hydroxyl groups is 1. The van der Waals surface area contributed by atoms with E-state index < -0.39 is 0 Å². The first kappa shape index (κ1) is 29.7. The predicted octanol–water partition coefficient (Wildman–Crippen LogP) is 4.65. The molecule has 0 radical (unpaired) electrons. The highest BCUT2D eigenvalue weighted by atomic mass is 16.5. The van der Waals surface area contributed by atoms with Crippen LogP contribution in [0.15, 0.2) is 79.0 Å². The molecule has 216 valence electrons. The number of rotatable bonds is 15. The van der Waals surface area contributed by atoms with Crippen molar-refractivity contribution in [1.82, 2.24) is 15.2 Å². The van der Waals surface area contributed by atoms with E-state index in [2.05, 4.69) is 10.3 Å². The fourth-order valence-corrected chi connectivity index (χ4v) is 4.95. The van der Waals surface area contributed by atoms with Crippen LogP contribution in [0, 0.1) is 0 Å². The van der Waals surface area contributed by atoms with E-state index in [1.165, 1.54) is 6.92 Å². The van der Waals surface area contributed by atoms with Gasteiger partial charge in [0.25, 0.3) is 5.91 Å². The largest absolute Gasteiger partial charge is 0.496 e. The molecule has 4 aromatic rings. The summed E-state index contributed by atoms with van der Waals surface area (Å²) in [5, 5.41) is 13.2. The van der Waals surface area contributed by atoms with Crippen molar-refractivity contribution < 1.29 is 24.2 Å². The Morgan fingerprint density at radius 3 is 2.49 bits per heavy atom. The number of benzene rings is 3. The van der Waals surface area contributed by atoms with Gasteiger partial charge < -0.3 is 29.8 Å². The van der Waals surface area contributed by atoms with Crippen molar-refractivity contribution in [3.05, 3.63) is 95.7 Å². The highest BCUT2D eigenvalue weighted by Gasteiger charge is 2.22. The lowest BCUT2D eigenvalue weighted by atomic mass is 10.0. The monoisotopic (exact) mass is 557 g/mol. The minimum absolute atomic E-state index is 0.0931. The third kappa shape index (κ3) is 8.59. The molecule has 0 spiro atoms. The molecule has 8 nitrogen and oxygen atoms in total. The standard InChI is InChI=1S/C33H39N3O5/c1-24(38)36(21-26-10-3-6-13-32(26)40-2)22-28(19-27-20-34-31-12-5-4-11-30(27)31)35-33(39)23-41-29-16-14-25(15-17-29)9-7-8-18-37/h3-6,10-17,20,28,34,37H,7-9,18-19,21-23H2,1-2H3,(H,35,39). The number of carbonyl (C=O) groups is 2. The Kier molecular flexibility index (Phi) is 10.8. The summed E-state index contributed by atoms with van der Waals surface area (Å²) >= 11 is 0. The lowest BCUT2D eigenvalue weighted by Gasteiger charge is -2.28. The van der Waals surface area contributed by atoms with E-state index >= 15 is 0 Å². The maximum Gasteiger partial charge on any atom is 0.258 e. The molecule has 1 heterocycles. The quantitative estimate of drug-likeness (QED) is 0.185. The number of nitrogens with zero attached hydrogens (tertiary/aromatic N) is 1. The van der Waals surface area contributed by atoms with Gasteiger partial charge in [-0.15, -0.1) is 0 Å². The van der Waals surface area contributed by atoms with Crippen LogP contribution in [0.4, 0.5) is 0 Å². The normalized spacial score (nSPS) is 11.7. The van der Waals surface area contributed by atoms with Gasteiger partial charge in [0.2, 0.25) is 5.91 Å². The molecule has 1 aromatic heterocycles. The van der Waals surface area contributed by atoms with Gasteiger partial charge in [-0.05, 0) is 61.1 Å². The van der Waals surface area contributed by atoms with Crippen molar-refractivity contribution in [3.8, 4) is 11.5 Å². The number of aromatic amines is 1. The Morgan fingerprint density at radius 1 is 0.976 bits per heavy atom. The Labute approximate surface area is 241 Å². The minimum Gasteiger partial charge on any atom is -0.496 e. The lowest BCUT2D eigenvalue weighted by molar-refractivity contribution is -0.131. The predicted molar refractivity (Wildman–Crippen MR) is 160 cm³/mol. The number of methoxy groups -OCH3 is 1. The summed E-state index contributed by atoms with van der Waals surface area (Å²) in [4.78, 5) is 30.8. The van der Waals surface area contributed by atoms with Gasteiger partial charge in [0.05, 0.1) is 13.2 Å². The van der Waals surface area contributed by atoms with Crippen LogP contribution in [-0.4, -0.2) is 59.7 Å². The highest BCUT2D eigenvalue weighted by Crippen LogP contribution is 2.22. The molecule has 0 aliphatic carbocycles. The summed E-state index contributed by atoms with van der Waals surface area (Å²) in [6, 6.07) is 23.0. The van der Waals surface area contributed by atoms with Crippen LogP contribution in [0.5, 0.6) is 11.5 Å². The number of aliphatic hydroxyl groups excluding tert-OH is 1. The maximum absolute atomic E-state index is 13.1. The number of amides is 2. The second-order valence-corrected chi connectivity index (χ2v) is 10.2. The van der Waals surface area contributed by atoms with Crippen molar-refractivity contribution in [3.63, 3.8) is 0 Å². The second-order valence-electron chi connectivity index (χ2n) is 10.2. The highest BCUT2D eigenvalue weighted by molar-refractivity contribution is 5.83. The van der Waals surface area contributed by atoms with E-state index in [9.17, 15) is 9.59 Å². The molecule has 0 saturated carbocycles. The molecule has 0 bridgehead atoms. The van der Waals surface area contributed by atoms with Crippen molar-refractivity contribution >= 4 is 22.7 Å². The van der Waals surface area contributed by atoms with Gasteiger partial charge in [0.15, 0.2) is 6.61 Å². The van der Waals surface area contributed by atoms with E-state index in [0.717, 1.165) is 46.9 Å². The SMILES string of the molecule is COc1ccccc1CN(CC(Cc1c[nH]c2ccccc12)NC(=O)COc1ccc(CCCCO)cc1)C(C)=O. The third-order valence-electron chi connectivity index (χ3n) is 7.11. The van der Waals surface area contributed by atoms with Crippen molar-refractivity contribution in [2.45, 2.75) is 45.2 Å². The van der Waals surface area contributed by atoms with Crippen LogP contribution in [0.25, 0.3) is 10.9 Å². The molecule has 0 fully saturated rings. The molecule has 4 rings (SSSR count). The number of hydrogen-bond donors (Lipinski definition) is 3. The second kappa shape index (κ2) is 14.9. The molecule has 0 aliphatic heterocycles. The van der Waals surface area contributed by atoms with E-state index in [-0.39, 0.29) is 31.1 Å². The molecular formula is C33H39N3O5. The molecule has 41 heavy (non-hydrogen) atoms. The Bertz CT molecular complexity index is 1420. The summed E-state index contributed by atoms with van der Waals surface area (Å²) in [6.07, 6.45) is 5.08. The van der Waals surface area contributed by atoms with Crippen molar-refractivity contribution in [1.29, 1.82) is 0 Å². The first-order valence-electron chi connectivity index (χ1n) is 14.0. The number of carbonyl (C=O) groups excluding carboxylic acids is 2. The molecule has 3 N–H and O–H groups in total. The number of aromatic nitrogens is 1. The average Bonchev–Trinajstić information content (AvgIpc) is 3.39. The van der Waals surface area contributed by atoms with Gasteiger partial charge in [0, 0.05) is 49.3 Å². The van der Waals surface area contributed by atoms with Crippen molar-refractivity contribution in [2.75, 3.05) is 26.9 Å². The van der Waals surface area contributed by atoms with Gasteiger partial charge >= 0.3 is 0 Å². The summed E-state index contributed by atoms with van der Waals surface area (Å²) in [7, 11) is 1.61. The molecule has 1 atom stereocenters. The van der Waals surface area contributed by atoms with Gasteiger partial charge in [-0.25, -0.2) is 0 Å². The smallest absolute Gasteiger partial charge is 0.258 e. The van der Waals surface area contributed by atoms with Crippen LogP contribution in [0.3, 0.4) is 0 Å². The number of aryl methyl sites for hydroxylation is 1. The Hall–Kier alpha value is -4.30. The lowest BCUT2D eigenvalue weighted by Crippen LogP contribution is -2.47. The van der Waals surface area contributed by atoms with Gasteiger partial charge in [-0.3, -0.25) is 9.59 Å². The zero-order chi connectivity index (χ0) is 29.0. The summed E-state index contributed by atoms with van der Waals surface area (Å²) in [5.74, 6) is 0.969. The van der Waals surface area contributed by atoms with Gasteiger partial charge in [-0.1, -0.05) is 48.5 Å². The number of hydrogen-bond acceptors (Lipinski definition) is 5. The fraction of sp³-hybridized carbons (Fsp3) is 0.333. The zero-order valence-corrected chi connectivity index (χ0v) is 23.8. The number of nitrogens with one attached hydrogen (secondary N) is 2. The zero-order valence-electron chi connectivity index (χ0n) is 23.8. The third-order valence-corrected chi connectivity index (χ3v) is 7.11. The number of fused-ring (bicyclic) bond motifs is 1. The summed E-state index contributed by atoms with van der Waals surface area (Å²) in [5.41, 5.74) is 4.14. The average molecular weight is 558 g/mol. The summed E-state index contributed by atoms with van der Waals surface area (Å²) in [6.45, 7) is 2.28. The molecule has 0 saturated heterocycles. The van der Waals surface area contributed by atoms with E-state index in [4.69, 9.17) is 14.6 Å². The van der Waals surface area contributed by atoms with E-state index in [1.807, 2.05) is 79.0 Å². The van der Waals surface area contributed by atoms with E-state index in [0.29, 0.717) is 31.0 Å². The Morgan fingerprint density at radius 2 is 1.73 bits per heavy atom. The van der Waals surface area contributed by atoms with Crippen LogP contribution in [0.2, 0.25) is 0 Å². The van der Waals surface area contributed by atoms with Crippen LogP contribution in [-0.2, 0) is 29.0 Å². The number of H-pyrrole nitrogens is 1. The topological polar surface area (TPSA) is 104 Å². The molecule has 0 aliphatic rings. The van der Waals surface area contributed by atoms with Crippen LogP contribution in [0.1, 0.15) is 36.5 Å². The minimum atomic E-state index is -0.349. The molecule has 1 unspecified atom stereocenters. The first-order chi connectivity index (χ1) is 20.0. The van der Waals surface area contributed by atoms with Gasteiger partial charge in [-0.2, -0.15) is 0 Å². The summed E-state index contributed by atoms with van der Waals surface area (Å²) < 4.78 is 11.3. The first-order valence-corrected chi connectivity index (χ1v) is 14.0. The van der Waals surface area contributed by atoms with Crippen LogP contribution < -0.4 is 14.8 Å². The van der Waals surface area contributed by atoms with Crippen LogP contribution >= 0.6 is 0 Å². The molecule has 3 aromatic carbocycles. The Balaban J connectivity index is 1.45. The number of para-hydroxylation sites is 2. The van der Waals surface area contributed by atoms with Gasteiger partial charge in [0.1, 0.15) is 11.5 Å². The number of unbranched alkanes of at least 4 members (excludes halogenated alkanes) is 1.